The fourth-order valence-electron chi connectivity index (χ4n) is 3.97. The minimum atomic E-state index is 0.599. The molecule has 1 N–H and O–H groups in total. The van der Waals surface area contributed by atoms with Crippen LogP contribution in [-0.2, 0) is 6.42 Å². The van der Waals surface area contributed by atoms with Crippen LogP contribution in [0.25, 0.3) is 22.3 Å². The van der Waals surface area contributed by atoms with Crippen LogP contribution in [0.5, 0.6) is 0 Å². The average molecular weight is 501 g/mol. The minimum absolute atomic E-state index is 0.599. The summed E-state index contributed by atoms with van der Waals surface area (Å²) in [6.45, 7) is 2.18. The number of rotatable bonds is 5. The van der Waals surface area contributed by atoms with E-state index in [0.717, 1.165) is 44.2 Å². The minimum Gasteiger partial charge on any atom is -0.456 e. The topological polar surface area (TPSA) is 25.2 Å². The molecule has 152 valence electrons. The van der Waals surface area contributed by atoms with Crippen LogP contribution in [0, 0.1) is 0 Å². The zero-order valence-electron chi connectivity index (χ0n) is 16.4. The molecule has 30 heavy (non-hydrogen) atoms. The zero-order chi connectivity index (χ0) is 20.8. The molecule has 1 heterocycles. The number of aryl methyl sites for hydroxylation is 1. The smallest absolute Gasteiger partial charge is 0.138 e. The highest BCUT2D eigenvalue weighted by molar-refractivity contribution is 9.10. The van der Waals surface area contributed by atoms with E-state index in [0.29, 0.717) is 10.9 Å². The SMILES string of the molecule is CCc1c(-c2ccc(Cl)cc2)oc2cc(Nc3ccc(Br)c(Cl)c3)c(C3CC3)cc12. The van der Waals surface area contributed by atoms with E-state index in [1.54, 1.807) is 0 Å². The van der Waals surface area contributed by atoms with Crippen molar-refractivity contribution in [3.8, 4) is 11.3 Å². The fourth-order valence-corrected chi connectivity index (χ4v) is 4.52. The highest BCUT2D eigenvalue weighted by Crippen LogP contribution is 2.47. The molecule has 5 heteroatoms. The normalized spacial score (nSPS) is 13.7. The van der Waals surface area contributed by atoms with Crippen molar-refractivity contribution in [2.75, 3.05) is 5.32 Å². The summed E-state index contributed by atoms with van der Waals surface area (Å²) < 4.78 is 7.26. The van der Waals surface area contributed by atoms with Crippen LogP contribution in [0.4, 0.5) is 11.4 Å². The van der Waals surface area contributed by atoms with Crippen LogP contribution in [-0.4, -0.2) is 0 Å². The van der Waals surface area contributed by atoms with Crippen molar-refractivity contribution in [1.82, 2.24) is 0 Å². The third kappa shape index (κ3) is 3.75. The van der Waals surface area contributed by atoms with Gasteiger partial charge in [-0.2, -0.15) is 0 Å². The van der Waals surface area contributed by atoms with Gasteiger partial charge in [-0.3, -0.25) is 0 Å². The summed E-state index contributed by atoms with van der Waals surface area (Å²) >= 11 is 15.8. The lowest BCUT2D eigenvalue weighted by atomic mass is 9.99. The summed E-state index contributed by atoms with van der Waals surface area (Å²) in [5.74, 6) is 1.52. The molecule has 1 aliphatic carbocycles. The highest BCUT2D eigenvalue weighted by Gasteiger charge is 2.28. The van der Waals surface area contributed by atoms with Gasteiger partial charge >= 0.3 is 0 Å². The molecule has 4 aromatic rings. The van der Waals surface area contributed by atoms with E-state index in [1.165, 1.54) is 29.4 Å². The van der Waals surface area contributed by atoms with Gasteiger partial charge in [-0.15, -0.1) is 0 Å². The Hall–Kier alpha value is -1.94. The molecule has 0 aliphatic heterocycles. The largest absolute Gasteiger partial charge is 0.456 e. The summed E-state index contributed by atoms with van der Waals surface area (Å²) in [6.07, 6.45) is 3.36. The zero-order valence-corrected chi connectivity index (χ0v) is 19.5. The Kier molecular flexibility index (Phi) is 5.30. The second kappa shape index (κ2) is 7.96. The molecule has 1 fully saturated rings. The summed E-state index contributed by atoms with van der Waals surface area (Å²) in [5, 5.41) is 6.17. The maximum Gasteiger partial charge on any atom is 0.138 e. The number of benzene rings is 3. The van der Waals surface area contributed by atoms with Crippen molar-refractivity contribution in [2.24, 2.45) is 0 Å². The van der Waals surface area contributed by atoms with Gasteiger partial charge < -0.3 is 9.73 Å². The number of hydrogen-bond donors (Lipinski definition) is 1. The third-order valence-electron chi connectivity index (χ3n) is 5.64. The Bertz CT molecular complexity index is 1240. The first-order valence-electron chi connectivity index (χ1n) is 10.1. The standard InChI is InChI=1S/C25H20BrCl2NO/c1-2-18-20-12-19(14-3-4-14)23(29-17-9-10-21(26)22(28)11-17)13-24(20)30-25(18)15-5-7-16(27)8-6-15/h5-14,29H,2-4H2,1H3. The van der Waals surface area contributed by atoms with E-state index in [1.807, 2.05) is 42.5 Å². The number of nitrogens with one attached hydrogen (secondary N) is 1. The molecule has 1 saturated carbocycles. The van der Waals surface area contributed by atoms with Gasteiger partial charge in [0.05, 0.1) is 5.02 Å². The predicted octanol–water partition coefficient (Wildman–Crippen LogP) is 9.35. The van der Waals surface area contributed by atoms with Gasteiger partial charge in [0, 0.05) is 43.4 Å². The number of furan rings is 1. The number of fused-ring (bicyclic) bond motifs is 1. The maximum absolute atomic E-state index is 6.38. The predicted molar refractivity (Wildman–Crippen MR) is 130 cm³/mol. The molecule has 0 amide bonds. The average Bonchev–Trinajstić information content (AvgIpc) is 3.52. The van der Waals surface area contributed by atoms with Crippen molar-refractivity contribution < 1.29 is 4.42 Å². The number of hydrogen-bond acceptors (Lipinski definition) is 2. The van der Waals surface area contributed by atoms with Crippen LogP contribution < -0.4 is 5.32 Å². The van der Waals surface area contributed by atoms with Crippen molar-refractivity contribution in [1.29, 1.82) is 0 Å². The van der Waals surface area contributed by atoms with Crippen LogP contribution in [0.3, 0.4) is 0 Å². The molecule has 5 rings (SSSR count). The highest BCUT2D eigenvalue weighted by atomic mass is 79.9. The molecule has 0 radical (unpaired) electrons. The molecular weight excluding hydrogens is 481 g/mol. The van der Waals surface area contributed by atoms with Gasteiger partial charge in [0.1, 0.15) is 11.3 Å². The lowest BCUT2D eigenvalue weighted by Crippen LogP contribution is -1.96. The van der Waals surface area contributed by atoms with E-state index in [9.17, 15) is 0 Å². The molecule has 1 aromatic heterocycles. The summed E-state index contributed by atoms with van der Waals surface area (Å²) in [7, 11) is 0. The molecule has 0 spiro atoms. The Morgan fingerprint density at radius 2 is 1.80 bits per heavy atom. The Morgan fingerprint density at radius 1 is 1.03 bits per heavy atom. The Labute approximate surface area is 194 Å². The van der Waals surface area contributed by atoms with Gasteiger partial charge in [0.2, 0.25) is 0 Å². The van der Waals surface area contributed by atoms with E-state index in [4.69, 9.17) is 27.6 Å². The van der Waals surface area contributed by atoms with Gasteiger partial charge in [-0.05, 0) is 95.2 Å². The molecular formula is C25H20BrCl2NO. The van der Waals surface area contributed by atoms with E-state index >= 15 is 0 Å². The van der Waals surface area contributed by atoms with Gasteiger partial charge in [-0.25, -0.2) is 0 Å². The summed E-state index contributed by atoms with van der Waals surface area (Å²) in [5.41, 5.74) is 6.58. The quantitative estimate of drug-likeness (QED) is 0.295. The first-order valence-corrected chi connectivity index (χ1v) is 11.7. The van der Waals surface area contributed by atoms with Crippen molar-refractivity contribution in [3.63, 3.8) is 0 Å². The second-order valence-corrected chi connectivity index (χ2v) is 9.43. The van der Waals surface area contributed by atoms with Crippen molar-refractivity contribution in [3.05, 3.63) is 80.2 Å². The lowest BCUT2D eigenvalue weighted by molar-refractivity contribution is 0.627. The number of halogens is 3. The van der Waals surface area contributed by atoms with Crippen LogP contribution in [0.2, 0.25) is 10.0 Å². The molecule has 0 unspecified atom stereocenters. The van der Waals surface area contributed by atoms with Gasteiger partial charge in [0.25, 0.3) is 0 Å². The van der Waals surface area contributed by atoms with Crippen LogP contribution in [0.15, 0.2) is 63.5 Å². The van der Waals surface area contributed by atoms with Crippen molar-refractivity contribution >= 4 is 61.5 Å². The molecule has 3 aromatic carbocycles. The van der Waals surface area contributed by atoms with E-state index in [2.05, 4.69) is 40.3 Å². The summed E-state index contributed by atoms with van der Waals surface area (Å²) in [4.78, 5) is 0. The van der Waals surface area contributed by atoms with Gasteiger partial charge in [0.15, 0.2) is 0 Å². The van der Waals surface area contributed by atoms with Crippen LogP contribution in [0.1, 0.15) is 36.8 Å². The monoisotopic (exact) mass is 499 g/mol. The maximum atomic E-state index is 6.38. The molecule has 2 nitrogen and oxygen atoms in total. The number of anilines is 2. The Morgan fingerprint density at radius 3 is 2.47 bits per heavy atom. The second-order valence-electron chi connectivity index (χ2n) is 7.73. The Balaban J connectivity index is 1.63. The first kappa shape index (κ1) is 20.0. The first-order chi connectivity index (χ1) is 14.5. The molecule has 0 saturated heterocycles. The molecule has 0 bridgehead atoms. The lowest BCUT2D eigenvalue weighted by Gasteiger charge is -2.13. The van der Waals surface area contributed by atoms with E-state index in [-0.39, 0.29) is 0 Å². The van der Waals surface area contributed by atoms with Gasteiger partial charge in [-0.1, -0.05) is 30.1 Å². The summed E-state index contributed by atoms with van der Waals surface area (Å²) in [6, 6.07) is 18.2. The van der Waals surface area contributed by atoms with E-state index < -0.39 is 0 Å². The van der Waals surface area contributed by atoms with Crippen molar-refractivity contribution in [2.45, 2.75) is 32.1 Å². The molecule has 1 aliphatic rings. The molecule has 0 atom stereocenters. The third-order valence-corrected chi connectivity index (χ3v) is 7.12. The van der Waals surface area contributed by atoms with Crippen LogP contribution >= 0.6 is 39.1 Å². The fraction of sp³-hybridized carbons (Fsp3) is 0.200.